The zero-order valence-corrected chi connectivity index (χ0v) is 18.5. The molecule has 0 aliphatic carbocycles. The van der Waals surface area contributed by atoms with Crippen LogP contribution in [0.25, 0.3) is 0 Å². The van der Waals surface area contributed by atoms with Crippen LogP contribution >= 0.6 is 0 Å². The summed E-state index contributed by atoms with van der Waals surface area (Å²) < 4.78 is 2.61. The Balaban J connectivity index is 1.38. The Bertz CT molecular complexity index is 1040. The van der Waals surface area contributed by atoms with E-state index in [0.29, 0.717) is 18.3 Å². The Hall–Kier alpha value is -2.83. The molecule has 2 saturated heterocycles. The van der Waals surface area contributed by atoms with Crippen molar-refractivity contribution < 1.29 is 4.79 Å². The Morgan fingerprint density at radius 3 is 2.39 bits per heavy atom. The van der Waals surface area contributed by atoms with Gasteiger partial charge in [0, 0.05) is 46.3 Å². The number of carbonyl (C=O) groups excluding carboxylic acids is 1. The zero-order valence-electron chi connectivity index (χ0n) is 18.5. The molecule has 1 unspecified atom stereocenters. The van der Waals surface area contributed by atoms with Crippen molar-refractivity contribution in [3.63, 3.8) is 0 Å². The molecule has 31 heavy (non-hydrogen) atoms. The van der Waals surface area contributed by atoms with Gasteiger partial charge >= 0.3 is 5.69 Å². The predicted octanol–water partition coefficient (Wildman–Crippen LogP) is 1.78. The van der Waals surface area contributed by atoms with Gasteiger partial charge in [-0.15, -0.1) is 0 Å². The van der Waals surface area contributed by atoms with E-state index >= 15 is 0 Å². The summed E-state index contributed by atoms with van der Waals surface area (Å²) in [5.41, 5.74) is 0.721. The van der Waals surface area contributed by atoms with Crippen molar-refractivity contribution in [1.29, 1.82) is 0 Å². The number of carbonyl (C=O) groups is 1. The van der Waals surface area contributed by atoms with E-state index in [0.717, 1.165) is 56.3 Å². The normalized spacial score (nSPS) is 20.1. The molecule has 4 rings (SSSR count). The second-order valence-corrected chi connectivity index (χ2v) is 8.98. The van der Waals surface area contributed by atoms with Gasteiger partial charge in [0.05, 0.1) is 5.92 Å². The lowest BCUT2D eigenvalue weighted by atomic mass is 9.89. The van der Waals surface area contributed by atoms with Crippen LogP contribution in [0.4, 0.5) is 5.82 Å². The summed E-state index contributed by atoms with van der Waals surface area (Å²) in [7, 11) is 3.17. The van der Waals surface area contributed by atoms with Crippen LogP contribution in [0.1, 0.15) is 31.2 Å². The van der Waals surface area contributed by atoms with Crippen LogP contribution in [-0.2, 0) is 25.3 Å². The van der Waals surface area contributed by atoms with Gasteiger partial charge in [0.1, 0.15) is 5.82 Å². The number of rotatable bonds is 4. The second-order valence-electron chi connectivity index (χ2n) is 8.98. The van der Waals surface area contributed by atoms with Crippen LogP contribution in [0.15, 0.2) is 46.0 Å². The summed E-state index contributed by atoms with van der Waals surface area (Å²) in [6.45, 7) is 2.95. The number of amides is 1. The highest BCUT2D eigenvalue weighted by atomic mass is 16.2. The fourth-order valence-electron chi connectivity index (χ4n) is 4.97. The number of hydrogen-bond acceptors (Lipinski definition) is 4. The minimum atomic E-state index is -0.337. The molecule has 0 saturated carbocycles. The smallest absolute Gasteiger partial charge is 0.332 e. The maximum atomic E-state index is 13.2. The van der Waals surface area contributed by atoms with Crippen molar-refractivity contribution >= 4 is 11.7 Å². The topological polar surface area (TPSA) is 67.6 Å². The summed E-state index contributed by atoms with van der Waals surface area (Å²) in [5, 5.41) is 0. The Labute approximate surface area is 182 Å². The molecule has 1 atom stereocenters. The highest BCUT2D eigenvalue weighted by Crippen LogP contribution is 2.26. The van der Waals surface area contributed by atoms with Gasteiger partial charge in [0.25, 0.3) is 5.56 Å². The average Bonchev–Trinajstić information content (AvgIpc) is 2.81. The molecule has 1 amide bonds. The molecule has 166 valence electrons. The van der Waals surface area contributed by atoms with E-state index in [1.54, 1.807) is 7.05 Å². The van der Waals surface area contributed by atoms with Gasteiger partial charge in [-0.2, -0.15) is 0 Å². The molecular weight excluding hydrogens is 392 g/mol. The highest BCUT2D eigenvalue weighted by molar-refractivity contribution is 5.79. The fourth-order valence-corrected chi connectivity index (χ4v) is 4.97. The van der Waals surface area contributed by atoms with E-state index in [9.17, 15) is 14.4 Å². The molecule has 0 bridgehead atoms. The standard InChI is InChI=1S/C24H32N4O3/c1-25-21(16-22(29)26(2)24(25)31)28-12-6-9-20(17-28)23(30)27-13-10-19(11-14-27)15-18-7-4-3-5-8-18/h3-5,7-8,16,19-20H,6,9-15,17H2,1-2H3. The largest absolute Gasteiger partial charge is 0.357 e. The SMILES string of the molecule is Cn1c(N2CCCC(C(=O)N3CCC(Cc4ccccc4)CC3)C2)cc(=O)n(C)c1=O. The Kier molecular flexibility index (Phi) is 6.30. The third-order valence-electron chi connectivity index (χ3n) is 6.89. The summed E-state index contributed by atoms with van der Waals surface area (Å²) in [5.74, 6) is 1.37. The lowest BCUT2D eigenvalue weighted by Gasteiger charge is -2.38. The summed E-state index contributed by atoms with van der Waals surface area (Å²) in [6, 6.07) is 12.1. The van der Waals surface area contributed by atoms with E-state index < -0.39 is 0 Å². The monoisotopic (exact) mass is 424 g/mol. The Morgan fingerprint density at radius 1 is 0.968 bits per heavy atom. The molecule has 2 aliphatic rings. The third-order valence-corrected chi connectivity index (χ3v) is 6.89. The molecule has 1 aromatic heterocycles. The molecule has 0 radical (unpaired) electrons. The number of aromatic nitrogens is 2. The van der Waals surface area contributed by atoms with E-state index in [4.69, 9.17) is 0 Å². The number of piperidine rings is 2. The van der Waals surface area contributed by atoms with Gasteiger partial charge in [-0.1, -0.05) is 30.3 Å². The van der Waals surface area contributed by atoms with Gasteiger partial charge in [0.2, 0.25) is 5.91 Å². The lowest BCUT2D eigenvalue weighted by Crippen LogP contribution is -2.49. The van der Waals surface area contributed by atoms with Crippen molar-refractivity contribution in [2.24, 2.45) is 25.9 Å². The molecule has 2 aliphatic heterocycles. The fraction of sp³-hybridized carbons (Fsp3) is 0.542. The molecule has 2 fully saturated rings. The van der Waals surface area contributed by atoms with Crippen molar-refractivity contribution in [2.45, 2.75) is 32.1 Å². The molecule has 2 aromatic rings. The van der Waals surface area contributed by atoms with Crippen LogP contribution in [0.3, 0.4) is 0 Å². The minimum absolute atomic E-state index is 0.0846. The van der Waals surface area contributed by atoms with Gasteiger partial charge < -0.3 is 9.80 Å². The predicted molar refractivity (Wildman–Crippen MR) is 121 cm³/mol. The number of benzene rings is 1. The maximum Gasteiger partial charge on any atom is 0.332 e. The van der Waals surface area contributed by atoms with Crippen LogP contribution in [0.2, 0.25) is 0 Å². The van der Waals surface area contributed by atoms with E-state index in [1.165, 1.54) is 23.2 Å². The van der Waals surface area contributed by atoms with Gasteiger partial charge in [0.15, 0.2) is 0 Å². The third kappa shape index (κ3) is 4.60. The maximum absolute atomic E-state index is 13.2. The van der Waals surface area contributed by atoms with Gasteiger partial charge in [-0.3, -0.25) is 18.7 Å². The van der Waals surface area contributed by atoms with Gasteiger partial charge in [-0.05, 0) is 43.6 Å². The molecule has 1 aromatic carbocycles. The second kappa shape index (κ2) is 9.12. The molecule has 3 heterocycles. The summed E-state index contributed by atoms with van der Waals surface area (Å²) in [6.07, 6.45) is 4.90. The van der Waals surface area contributed by atoms with Crippen LogP contribution in [0, 0.1) is 11.8 Å². The van der Waals surface area contributed by atoms with Crippen molar-refractivity contribution in [1.82, 2.24) is 14.0 Å². The van der Waals surface area contributed by atoms with Gasteiger partial charge in [-0.25, -0.2) is 4.79 Å². The number of anilines is 1. The molecule has 0 spiro atoms. The first-order chi connectivity index (χ1) is 14.9. The first-order valence-electron chi connectivity index (χ1n) is 11.3. The molecule has 7 heteroatoms. The van der Waals surface area contributed by atoms with Crippen LogP contribution < -0.4 is 16.1 Å². The zero-order chi connectivity index (χ0) is 22.0. The quantitative estimate of drug-likeness (QED) is 0.751. The average molecular weight is 425 g/mol. The first kappa shape index (κ1) is 21.4. The Morgan fingerprint density at radius 2 is 1.68 bits per heavy atom. The first-order valence-corrected chi connectivity index (χ1v) is 11.3. The lowest BCUT2D eigenvalue weighted by molar-refractivity contribution is -0.137. The molecule has 0 N–H and O–H groups in total. The van der Waals surface area contributed by atoms with Crippen molar-refractivity contribution in [3.8, 4) is 0 Å². The van der Waals surface area contributed by atoms with E-state index in [2.05, 4.69) is 24.3 Å². The van der Waals surface area contributed by atoms with E-state index in [1.807, 2.05) is 15.9 Å². The number of hydrogen-bond donors (Lipinski definition) is 0. The molecule has 7 nitrogen and oxygen atoms in total. The number of likely N-dealkylation sites (tertiary alicyclic amines) is 1. The van der Waals surface area contributed by atoms with Crippen LogP contribution in [0.5, 0.6) is 0 Å². The summed E-state index contributed by atoms with van der Waals surface area (Å²) >= 11 is 0. The highest BCUT2D eigenvalue weighted by Gasteiger charge is 2.32. The number of nitrogens with zero attached hydrogens (tertiary/aromatic N) is 4. The van der Waals surface area contributed by atoms with Crippen LogP contribution in [-0.4, -0.2) is 46.1 Å². The minimum Gasteiger partial charge on any atom is -0.357 e. The van der Waals surface area contributed by atoms with Crippen molar-refractivity contribution in [2.75, 3.05) is 31.1 Å². The summed E-state index contributed by atoms with van der Waals surface area (Å²) in [4.78, 5) is 41.7. The van der Waals surface area contributed by atoms with Crippen molar-refractivity contribution in [3.05, 3.63) is 62.8 Å². The molecular formula is C24H32N4O3. The van der Waals surface area contributed by atoms with E-state index in [-0.39, 0.29) is 23.1 Å².